The Balaban J connectivity index is 1.61. The minimum absolute atomic E-state index is 0.128. The van der Waals surface area contributed by atoms with Gasteiger partial charge in [-0.2, -0.15) is 17.5 Å². The van der Waals surface area contributed by atoms with Crippen LogP contribution >= 0.6 is 12.2 Å². The molecule has 1 aromatic carbocycles. The molecule has 7 nitrogen and oxygen atoms in total. The van der Waals surface area contributed by atoms with E-state index in [1.807, 2.05) is 9.47 Å². The summed E-state index contributed by atoms with van der Waals surface area (Å²) in [6, 6.07) is 5.21. The lowest BCUT2D eigenvalue weighted by Crippen LogP contribution is -2.56. The Labute approximate surface area is 207 Å². The van der Waals surface area contributed by atoms with Gasteiger partial charge in [-0.05, 0) is 30.7 Å². The molecule has 0 amide bonds. The summed E-state index contributed by atoms with van der Waals surface area (Å²) in [7, 11) is -3.80. The van der Waals surface area contributed by atoms with Gasteiger partial charge in [0, 0.05) is 55.5 Å². The summed E-state index contributed by atoms with van der Waals surface area (Å²) in [5, 5.41) is 9.97. The molecule has 2 atom stereocenters. The number of aliphatic hydroxyl groups is 1. The third-order valence-electron chi connectivity index (χ3n) is 6.32. The van der Waals surface area contributed by atoms with Crippen LogP contribution in [0.2, 0.25) is 0 Å². The summed E-state index contributed by atoms with van der Waals surface area (Å²) in [5.41, 5.74) is -2.62. The Bertz CT molecular complexity index is 1240. The second-order valence-electron chi connectivity index (χ2n) is 8.67. The zero-order valence-corrected chi connectivity index (χ0v) is 20.5. The molecule has 0 unspecified atom stereocenters. The van der Waals surface area contributed by atoms with Crippen molar-refractivity contribution < 1.29 is 26.7 Å². The fourth-order valence-electron chi connectivity index (χ4n) is 4.21. The second kappa shape index (κ2) is 9.49. The first-order valence-corrected chi connectivity index (χ1v) is 12.8. The minimum atomic E-state index is -4.82. The van der Waals surface area contributed by atoms with Crippen LogP contribution in [0, 0.1) is 0 Å². The number of rotatable bonds is 6. The fourth-order valence-corrected chi connectivity index (χ4v) is 6.28. The highest BCUT2D eigenvalue weighted by Gasteiger charge is 2.51. The summed E-state index contributed by atoms with van der Waals surface area (Å²) in [6.07, 6.45) is 5.59. The molecule has 2 aromatic rings. The number of piperazine rings is 1. The lowest BCUT2D eigenvalue weighted by atomic mass is 9.95. The van der Waals surface area contributed by atoms with Gasteiger partial charge in [-0.1, -0.05) is 36.5 Å². The minimum Gasteiger partial charge on any atom is -0.376 e. The molecule has 0 saturated carbocycles. The molecule has 1 fully saturated rings. The van der Waals surface area contributed by atoms with E-state index in [0.29, 0.717) is 37.0 Å². The van der Waals surface area contributed by atoms with Gasteiger partial charge in [0.2, 0.25) is 10.0 Å². The number of halogens is 3. The number of sulfonamides is 1. The van der Waals surface area contributed by atoms with Crippen LogP contribution in [-0.2, 0) is 22.2 Å². The molecule has 0 spiro atoms. The van der Waals surface area contributed by atoms with Gasteiger partial charge in [0.25, 0.3) is 0 Å². The van der Waals surface area contributed by atoms with Crippen molar-refractivity contribution in [3.8, 4) is 0 Å². The third kappa shape index (κ3) is 5.06. The summed E-state index contributed by atoms with van der Waals surface area (Å²) in [5.74, 6) is 0. The second-order valence-corrected chi connectivity index (χ2v) is 11.1. The fraction of sp³-hybridized carbons (Fsp3) is 0.391. The monoisotopic (exact) mass is 526 g/mol. The number of alkyl halides is 3. The first-order chi connectivity index (χ1) is 16.4. The maximum atomic E-state index is 13.4. The van der Waals surface area contributed by atoms with Gasteiger partial charge in [-0.3, -0.25) is 0 Å². The quantitative estimate of drug-likeness (QED) is 0.582. The van der Waals surface area contributed by atoms with E-state index in [4.69, 9.17) is 12.2 Å². The van der Waals surface area contributed by atoms with E-state index in [2.05, 4.69) is 4.98 Å². The number of benzene rings is 1. The van der Waals surface area contributed by atoms with Crippen molar-refractivity contribution in [2.24, 2.45) is 0 Å². The van der Waals surface area contributed by atoms with Crippen molar-refractivity contribution in [1.82, 2.24) is 13.9 Å². The molecule has 4 rings (SSSR count). The Hall–Kier alpha value is -2.54. The topological polar surface area (TPSA) is 78.7 Å². The van der Waals surface area contributed by atoms with E-state index in [-0.39, 0.29) is 29.6 Å². The maximum absolute atomic E-state index is 13.4. The molecule has 2 aliphatic rings. The smallest absolute Gasteiger partial charge is 0.376 e. The summed E-state index contributed by atoms with van der Waals surface area (Å²) in [6.45, 7) is 1.80. The van der Waals surface area contributed by atoms with Gasteiger partial charge in [-0.15, -0.1) is 0 Å². The van der Waals surface area contributed by atoms with Crippen molar-refractivity contribution >= 4 is 32.8 Å². The number of allylic oxidation sites excluding steroid dienone is 4. The largest absolute Gasteiger partial charge is 0.421 e. The molecule has 0 bridgehead atoms. The number of hydrogen-bond donors (Lipinski definition) is 1. The lowest BCUT2D eigenvalue weighted by molar-refractivity contribution is -0.258. The number of hydrogen-bond acceptors (Lipinski definition) is 6. The maximum Gasteiger partial charge on any atom is 0.421 e. The molecular weight excluding hydrogens is 501 g/mol. The summed E-state index contributed by atoms with van der Waals surface area (Å²) >= 11 is 5.29. The van der Waals surface area contributed by atoms with E-state index in [1.165, 1.54) is 34.6 Å². The molecule has 188 valence electrons. The Kier molecular flexibility index (Phi) is 6.93. The molecule has 2 heterocycles. The highest BCUT2D eigenvalue weighted by Crippen LogP contribution is 2.39. The molecule has 1 saturated heterocycles. The van der Waals surface area contributed by atoms with Crippen molar-refractivity contribution in [3.63, 3.8) is 0 Å². The van der Waals surface area contributed by atoms with Crippen molar-refractivity contribution in [2.45, 2.75) is 37.7 Å². The van der Waals surface area contributed by atoms with Crippen LogP contribution in [0.4, 0.5) is 18.9 Å². The van der Waals surface area contributed by atoms with E-state index >= 15 is 0 Å². The van der Waals surface area contributed by atoms with Crippen LogP contribution in [0.1, 0.15) is 18.9 Å². The van der Waals surface area contributed by atoms with Gasteiger partial charge in [0.1, 0.15) is 0 Å². The molecule has 35 heavy (non-hydrogen) atoms. The molecule has 1 aliphatic carbocycles. The van der Waals surface area contributed by atoms with Crippen molar-refractivity contribution in [1.29, 1.82) is 0 Å². The summed E-state index contributed by atoms with van der Waals surface area (Å²) in [4.78, 5) is 6.50. The SMILES string of the molecule is C[C@](O)(c1ccc(N2CCN(S(=O)(=O)C3=CC=CCC3=S)C[C@@H]2Cn2ccnc2)cc1)C(F)(F)F. The number of anilines is 1. The van der Waals surface area contributed by atoms with E-state index in [1.54, 1.807) is 30.9 Å². The highest BCUT2D eigenvalue weighted by molar-refractivity contribution is 7.96. The molecule has 1 aromatic heterocycles. The Morgan fingerprint density at radius 2 is 1.91 bits per heavy atom. The average Bonchev–Trinajstić information content (AvgIpc) is 3.32. The molecular formula is C23H25F3N4O3S2. The predicted octanol–water partition coefficient (Wildman–Crippen LogP) is 3.39. The van der Waals surface area contributed by atoms with Gasteiger partial charge in [0.05, 0.1) is 17.3 Å². The highest BCUT2D eigenvalue weighted by atomic mass is 32.2. The number of nitrogens with zero attached hydrogens (tertiary/aromatic N) is 4. The van der Waals surface area contributed by atoms with E-state index < -0.39 is 21.8 Å². The molecule has 12 heteroatoms. The summed E-state index contributed by atoms with van der Waals surface area (Å²) < 4.78 is 69.6. The van der Waals surface area contributed by atoms with Crippen LogP contribution in [0.3, 0.4) is 0 Å². The van der Waals surface area contributed by atoms with Crippen LogP contribution < -0.4 is 4.90 Å². The Morgan fingerprint density at radius 1 is 1.20 bits per heavy atom. The van der Waals surface area contributed by atoms with Crippen molar-refractivity contribution in [3.05, 3.63) is 71.7 Å². The zero-order valence-electron chi connectivity index (χ0n) is 18.9. The third-order valence-corrected chi connectivity index (χ3v) is 8.78. The lowest BCUT2D eigenvalue weighted by Gasteiger charge is -2.42. The number of aromatic nitrogens is 2. The standard InChI is InChI=1S/C23H25F3N4O3S2/c1-22(31,23(24,25)26)17-6-8-18(9-7-17)30-13-12-29(15-19(30)14-28-11-10-27-16-28)35(32,33)21-5-3-2-4-20(21)34/h2-3,5-11,16,19,31H,4,12-15H2,1H3/t19-,22-/m0/s1. The zero-order chi connectivity index (χ0) is 25.4. The number of thiocarbonyl (C=S) groups is 1. The van der Waals surface area contributed by atoms with Crippen LogP contribution in [0.5, 0.6) is 0 Å². The first kappa shape index (κ1) is 25.5. The van der Waals surface area contributed by atoms with Gasteiger partial charge >= 0.3 is 6.18 Å². The van der Waals surface area contributed by atoms with Crippen LogP contribution in [0.15, 0.2) is 66.1 Å². The predicted molar refractivity (Wildman–Crippen MR) is 130 cm³/mol. The molecule has 1 aliphatic heterocycles. The van der Waals surface area contributed by atoms with Gasteiger partial charge in [-0.25, -0.2) is 13.4 Å². The average molecular weight is 527 g/mol. The van der Waals surface area contributed by atoms with E-state index in [9.17, 15) is 26.7 Å². The van der Waals surface area contributed by atoms with Gasteiger partial charge in [0.15, 0.2) is 5.60 Å². The van der Waals surface area contributed by atoms with Crippen LogP contribution in [-0.4, -0.2) is 64.1 Å². The van der Waals surface area contributed by atoms with Crippen molar-refractivity contribution in [2.75, 3.05) is 24.5 Å². The van der Waals surface area contributed by atoms with Gasteiger partial charge < -0.3 is 14.6 Å². The molecule has 1 N–H and O–H groups in total. The van der Waals surface area contributed by atoms with E-state index in [0.717, 1.165) is 0 Å². The molecule has 0 radical (unpaired) electrons. The Morgan fingerprint density at radius 3 is 2.51 bits per heavy atom. The normalized spacial score (nSPS) is 21.6. The number of imidazole rings is 1. The van der Waals surface area contributed by atoms with Crippen LogP contribution in [0.25, 0.3) is 0 Å². The first-order valence-electron chi connectivity index (χ1n) is 10.9.